The van der Waals surface area contributed by atoms with Crippen molar-refractivity contribution in [2.45, 2.75) is 38.1 Å². The smallest absolute Gasteiger partial charge is 0.224 e. The van der Waals surface area contributed by atoms with Crippen LogP contribution in [0, 0.1) is 11.8 Å². The van der Waals surface area contributed by atoms with Gasteiger partial charge in [-0.25, -0.2) is 0 Å². The quantitative estimate of drug-likeness (QED) is 0.842. The van der Waals surface area contributed by atoms with E-state index in [9.17, 15) is 4.79 Å². The summed E-state index contributed by atoms with van der Waals surface area (Å²) >= 11 is 5.71. The van der Waals surface area contributed by atoms with Gasteiger partial charge in [0.05, 0.1) is 0 Å². The molecule has 0 aromatic heterocycles. The summed E-state index contributed by atoms with van der Waals surface area (Å²) in [6.07, 6.45) is 3.12. The second kappa shape index (κ2) is 5.16. The number of hydrogen-bond donors (Lipinski definition) is 1. The van der Waals surface area contributed by atoms with Gasteiger partial charge < -0.3 is 5.32 Å². The van der Waals surface area contributed by atoms with Crippen LogP contribution in [0.3, 0.4) is 0 Å². The van der Waals surface area contributed by atoms with Crippen LogP contribution in [0.4, 0.5) is 0 Å². The Morgan fingerprint density at radius 2 is 2.26 bits per heavy atom. The molecule has 0 saturated heterocycles. The van der Waals surface area contributed by atoms with Crippen molar-refractivity contribution >= 4 is 17.5 Å². The molecule has 2 aliphatic rings. The summed E-state index contributed by atoms with van der Waals surface area (Å²) in [5.74, 6) is 2.05. The molecule has 0 heterocycles. The van der Waals surface area contributed by atoms with Crippen molar-refractivity contribution in [3.63, 3.8) is 0 Å². The highest BCUT2D eigenvalue weighted by molar-refractivity contribution is 6.17. The average Bonchev–Trinajstić information content (AvgIpc) is 3.13. The van der Waals surface area contributed by atoms with Gasteiger partial charge in [-0.1, -0.05) is 24.3 Å². The zero-order valence-corrected chi connectivity index (χ0v) is 12.0. The number of alkyl halides is 1. The Labute approximate surface area is 119 Å². The highest BCUT2D eigenvalue weighted by Crippen LogP contribution is 2.59. The lowest BCUT2D eigenvalue weighted by molar-refractivity contribution is -0.123. The molecule has 2 nitrogen and oxygen atoms in total. The molecule has 2 aliphatic carbocycles. The van der Waals surface area contributed by atoms with Crippen LogP contribution >= 0.6 is 11.6 Å². The minimum atomic E-state index is 0.183. The molecule has 4 atom stereocenters. The fourth-order valence-corrected chi connectivity index (χ4v) is 3.83. The van der Waals surface area contributed by atoms with E-state index < -0.39 is 0 Å². The summed E-state index contributed by atoms with van der Waals surface area (Å²) in [5.41, 5.74) is 2.84. The number of aryl methyl sites for hydroxylation is 1. The zero-order valence-electron chi connectivity index (χ0n) is 11.2. The van der Waals surface area contributed by atoms with Gasteiger partial charge in [0.15, 0.2) is 0 Å². The highest BCUT2D eigenvalue weighted by Gasteiger charge is 2.56. The maximum Gasteiger partial charge on any atom is 0.224 e. The zero-order chi connectivity index (χ0) is 13.4. The average molecular weight is 278 g/mol. The first-order valence-corrected chi connectivity index (χ1v) is 7.70. The Morgan fingerprint density at radius 3 is 3.05 bits per heavy atom. The van der Waals surface area contributed by atoms with Crippen LogP contribution in [-0.4, -0.2) is 17.8 Å². The first kappa shape index (κ1) is 13.0. The van der Waals surface area contributed by atoms with Crippen molar-refractivity contribution in [3.8, 4) is 0 Å². The third-order valence-corrected chi connectivity index (χ3v) is 4.78. The number of benzene rings is 1. The molecule has 4 unspecified atom stereocenters. The van der Waals surface area contributed by atoms with Crippen LogP contribution in [0.5, 0.6) is 0 Å². The van der Waals surface area contributed by atoms with Crippen molar-refractivity contribution in [1.29, 1.82) is 0 Å². The van der Waals surface area contributed by atoms with Crippen molar-refractivity contribution < 1.29 is 4.79 Å². The van der Waals surface area contributed by atoms with Crippen LogP contribution in [0.2, 0.25) is 0 Å². The van der Waals surface area contributed by atoms with Gasteiger partial charge in [-0.2, -0.15) is 0 Å². The Kier molecular flexibility index (Phi) is 3.53. The van der Waals surface area contributed by atoms with Crippen molar-refractivity contribution in [1.82, 2.24) is 5.32 Å². The molecular weight excluding hydrogens is 258 g/mol. The van der Waals surface area contributed by atoms with Gasteiger partial charge in [-0.05, 0) is 49.1 Å². The third kappa shape index (κ3) is 2.38. The van der Waals surface area contributed by atoms with Gasteiger partial charge in [0.1, 0.15) is 0 Å². The summed E-state index contributed by atoms with van der Waals surface area (Å²) in [6, 6.07) is 8.77. The SMILES string of the molecule is CC(CCCl)NC(=O)C1C2CCc3ccccc3C21. The predicted molar refractivity (Wildman–Crippen MR) is 77.4 cm³/mol. The van der Waals surface area contributed by atoms with Crippen molar-refractivity contribution in [3.05, 3.63) is 35.4 Å². The molecule has 0 bridgehead atoms. The maximum absolute atomic E-state index is 12.3. The third-order valence-electron chi connectivity index (χ3n) is 4.56. The van der Waals surface area contributed by atoms with Crippen LogP contribution in [-0.2, 0) is 11.2 Å². The van der Waals surface area contributed by atoms with E-state index in [1.807, 2.05) is 6.92 Å². The molecule has 3 rings (SSSR count). The largest absolute Gasteiger partial charge is 0.353 e. The second-order valence-corrected chi connectivity index (χ2v) is 6.22. The minimum absolute atomic E-state index is 0.183. The molecule has 1 aromatic carbocycles. The van der Waals surface area contributed by atoms with Crippen LogP contribution in [0.1, 0.15) is 36.8 Å². The lowest BCUT2D eigenvalue weighted by atomic mass is 9.92. The normalized spacial score (nSPS) is 29.1. The van der Waals surface area contributed by atoms with Crippen LogP contribution in [0.15, 0.2) is 24.3 Å². The number of amides is 1. The lowest BCUT2D eigenvalue weighted by Gasteiger charge is -2.13. The van der Waals surface area contributed by atoms with Gasteiger partial charge in [-0.3, -0.25) is 4.79 Å². The Bertz CT molecular complexity index is 487. The number of carbonyl (C=O) groups is 1. The van der Waals surface area contributed by atoms with E-state index in [-0.39, 0.29) is 17.9 Å². The first-order valence-electron chi connectivity index (χ1n) is 7.16. The van der Waals surface area contributed by atoms with E-state index in [1.165, 1.54) is 11.1 Å². The Balaban J connectivity index is 1.69. The minimum Gasteiger partial charge on any atom is -0.353 e. The number of fused-ring (bicyclic) bond motifs is 3. The van der Waals surface area contributed by atoms with Crippen LogP contribution in [0.25, 0.3) is 0 Å². The van der Waals surface area contributed by atoms with E-state index in [0.29, 0.717) is 17.7 Å². The Morgan fingerprint density at radius 1 is 1.47 bits per heavy atom. The summed E-state index contributed by atoms with van der Waals surface area (Å²) < 4.78 is 0. The van der Waals surface area contributed by atoms with Gasteiger partial charge in [0.25, 0.3) is 0 Å². The predicted octanol–water partition coefficient (Wildman–Crippen LogP) is 3.10. The summed E-state index contributed by atoms with van der Waals surface area (Å²) in [6.45, 7) is 2.03. The monoisotopic (exact) mass is 277 g/mol. The van der Waals surface area contributed by atoms with Crippen molar-refractivity contribution in [2.24, 2.45) is 11.8 Å². The molecule has 3 heteroatoms. The second-order valence-electron chi connectivity index (χ2n) is 5.84. The topological polar surface area (TPSA) is 29.1 Å². The van der Waals surface area contributed by atoms with Gasteiger partial charge >= 0.3 is 0 Å². The molecule has 0 aliphatic heterocycles. The lowest BCUT2D eigenvalue weighted by Crippen LogP contribution is -2.34. The number of nitrogens with one attached hydrogen (secondary N) is 1. The molecule has 0 radical (unpaired) electrons. The van der Waals surface area contributed by atoms with Crippen molar-refractivity contribution in [2.75, 3.05) is 5.88 Å². The van der Waals surface area contributed by atoms with E-state index >= 15 is 0 Å². The number of hydrogen-bond acceptors (Lipinski definition) is 1. The van der Waals surface area contributed by atoms with Gasteiger partial charge in [0, 0.05) is 17.8 Å². The number of halogens is 1. The summed E-state index contributed by atoms with van der Waals surface area (Å²) in [5, 5.41) is 3.11. The van der Waals surface area contributed by atoms with Crippen LogP contribution < -0.4 is 5.32 Å². The standard InChI is InChI=1S/C16H20ClNO/c1-10(8-9-17)18-16(19)15-13-7-6-11-4-2-3-5-12(11)14(13)15/h2-5,10,13-15H,6-9H2,1H3,(H,18,19). The fourth-order valence-electron chi connectivity index (χ4n) is 3.50. The molecule has 1 fully saturated rings. The Hall–Kier alpha value is -1.02. The number of rotatable bonds is 4. The summed E-state index contributed by atoms with van der Waals surface area (Å²) in [7, 11) is 0. The molecule has 1 saturated carbocycles. The highest BCUT2D eigenvalue weighted by atomic mass is 35.5. The van der Waals surface area contributed by atoms with Gasteiger partial charge in [-0.15, -0.1) is 11.6 Å². The van der Waals surface area contributed by atoms with E-state index in [2.05, 4.69) is 29.6 Å². The summed E-state index contributed by atoms with van der Waals surface area (Å²) in [4.78, 5) is 12.3. The van der Waals surface area contributed by atoms with E-state index in [4.69, 9.17) is 11.6 Å². The molecule has 1 N–H and O–H groups in total. The van der Waals surface area contributed by atoms with Gasteiger partial charge in [0.2, 0.25) is 5.91 Å². The molecule has 0 spiro atoms. The maximum atomic E-state index is 12.3. The fraction of sp³-hybridized carbons (Fsp3) is 0.562. The van der Waals surface area contributed by atoms with E-state index in [1.54, 1.807) is 0 Å². The number of carbonyl (C=O) groups excluding carboxylic acids is 1. The van der Waals surface area contributed by atoms with E-state index in [0.717, 1.165) is 19.3 Å². The molecule has 102 valence electrons. The molecule has 1 amide bonds. The molecule has 1 aromatic rings. The molecular formula is C16H20ClNO. The first-order chi connectivity index (χ1) is 9.22. The molecule has 19 heavy (non-hydrogen) atoms.